The molecule has 0 bridgehead atoms. The quantitative estimate of drug-likeness (QED) is 0.863. The zero-order valence-corrected chi connectivity index (χ0v) is 10.7. The fourth-order valence-electron chi connectivity index (χ4n) is 2.25. The molecule has 0 spiro atoms. The van der Waals surface area contributed by atoms with Gasteiger partial charge in [-0.05, 0) is 44.0 Å². The van der Waals surface area contributed by atoms with Crippen LogP contribution < -0.4 is 10.5 Å². The molecule has 0 amide bonds. The molecule has 1 unspecified atom stereocenters. The Kier molecular flexibility index (Phi) is 3.03. The second-order valence-electron chi connectivity index (χ2n) is 4.45. The molecule has 0 radical (unpaired) electrons. The normalized spacial score (nSPS) is 12.8. The fourth-order valence-corrected chi connectivity index (χ4v) is 2.25. The maximum absolute atomic E-state index is 6.01. The Hall–Kier alpha value is -1.61. The van der Waals surface area contributed by atoms with Gasteiger partial charge in [-0.25, -0.2) is 4.98 Å². The SMILES string of the molecule is COc1ccc(C(C)N)c2c(C)cc(C)nc12. The number of hydrogen-bond donors (Lipinski definition) is 1. The molecule has 2 rings (SSSR count). The molecule has 1 aromatic heterocycles. The Labute approximate surface area is 102 Å². The number of aromatic nitrogens is 1. The molecule has 1 aromatic carbocycles. The largest absolute Gasteiger partial charge is 0.494 e. The number of rotatable bonds is 2. The summed E-state index contributed by atoms with van der Waals surface area (Å²) in [4.78, 5) is 4.57. The maximum atomic E-state index is 6.01. The molecule has 1 heterocycles. The van der Waals surface area contributed by atoms with E-state index < -0.39 is 0 Å². The van der Waals surface area contributed by atoms with E-state index in [1.807, 2.05) is 26.0 Å². The summed E-state index contributed by atoms with van der Waals surface area (Å²) in [5.41, 5.74) is 10.2. The van der Waals surface area contributed by atoms with E-state index in [0.717, 1.165) is 27.9 Å². The van der Waals surface area contributed by atoms with Crippen molar-refractivity contribution < 1.29 is 4.74 Å². The number of pyridine rings is 1. The summed E-state index contributed by atoms with van der Waals surface area (Å²) in [6, 6.07) is 6.03. The minimum atomic E-state index is -0.00777. The molecule has 0 aliphatic rings. The van der Waals surface area contributed by atoms with E-state index in [0.29, 0.717) is 0 Å². The van der Waals surface area contributed by atoms with Crippen molar-refractivity contribution in [3.05, 3.63) is 35.0 Å². The van der Waals surface area contributed by atoms with E-state index in [-0.39, 0.29) is 6.04 Å². The average Bonchev–Trinajstić information content (AvgIpc) is 2.27. The third-order valence-corrected chi connectivity index (χ3v) is 2.99. The van der Waals surface area contributed by atoms with Gasteiger partial charge < -0.3 is 10.5 Å². The minimum absolute atomic E-state index is 0.00777. The van der Waals surface area contributed by atoms with Crippen LogP contribution in [-0.4, -0.2) is 12.1 Å². The molecule has 3 nitrogen and oxygen atoms in total. The van der Waals surface area contributed by atoms with Crippen molar-refractivity contribution in [2.45, 2.75) is 26.8 Å². The average molecular weight is 230 g/mol. The molecule has 3 heteroatoms. The highest BCUT2D eigenvalue weighted by atomic mass is 16.5. The first kappa shape index (κ1) is 11.9. The third-order valence-electron chi connectivity index (χ3n) is 2.99. The summed E-state index contributed by atoms with van der Waals surface area (Å²) >= 11 is 0. The zero-order chi connectivity index (χ0) is 12.6. The Bertz CT molecular complexity index is 562. The number of ether oxygens (including phenoxy) is 1. The van der Waals surface area contributed by atoms with E-state index in [2.05, 4.69) is 18.0 Å². The number of benzene rings is 1. The van der Waals surface area contributed by atoms with Crippen molar-refractivity contribution in [3.63, 3.8) is 0 Å². The summed E-state index contributed by atoms with van der Waals surface area (Å²) in [7, 11) is 1.67. The van der Waals surface area contributed by atoms with Crippen LogP contribution in [0.5, 0.6) is 5.75 Å². The molecule has 0 saturated heterocycles. The number of methoxy groups -OCH3 is 1. The molecule has 0 aliphatic carbocycles. The maximum Gasteiger partial charge on any atom is 0.145 e. The lowest BCUT2D eigenvalue weighted by Crippen LogP contribution is -2.07. The van der Waals surface area contributed by atoms with Crippen LogP contribution in [-0.2, 0) is 0 Å². The lowest BCUT2D eigenvalue weighted by Gasteiger charge is -2.15. The van der Waals surface area contributed by atoms with E-state index >= 15 is 0 Å². The minimum Gasteiger partial charge on any atom is -0.494 e. The van der Waals surface area contributed by atoms with E-state index in [1.165, 1.54) is 5.56 Å². The lowest BCUT2D eigenvalue weighted by molar-refractivity contribution is 0.418. The van der Waals surface area contributed by atoms with Gasteiger partial charge in [0.05, 0.1) is 7.11 Å². The van der Waals surface area contributed by atoms with Crippen LogP contribution >= 0.6 is 0 Å². The molecule has 2 aromatic rings. The van der Waals surface area contributed by atoms with Crippen molar-refractivity contribution in [2.75, 3.05) is 7.11 Å². The molecular weight excluding hydrogens is 212 g/mol. The molecule has 0 fully saturated rings. The first-order chi connectivity index (χ1) is 8.04. The molecule has 90 valence electrons. The second kappa shape index (κ2) is 4.34. The third kappa shape index (κ3) is 1.98. The standard InChI is InChI=1S/C14H18N2O/c1-8-7-9(2)16-14-12(17-4)6-5-11(10(3)15)13(8)14/h5-7,10H,15H2,1-4H3. The number of hydrogen-bond acceptors (Lipinski definition) is 3. The van der Waals surface area contributed by atoms with Crippen molar-refractivity contribution in [1.82, 2.24) is 4.98 Å². The predicted molar refractivity (Wildman–Crippen MR) is 70.4 cm³/mol. The molecule has 0 saturated carbocycles. The first-order valence-electron chi connectivity index (χ1n) is 5.75. The van der Waals surface area contributed by atoms with Gasteiger partial charge in [-0.1, -0.05) is 6.07 Å². The Balaban J connectivity index is 2.90. The van der Waals surface area contributed by atoms with Gasteiger partial charge in [-0.3, -0.25) is 0 Å². The van der Waals surface area contributed by atoms with Crippen LogP contribution in [0.1, 0.15) is 29.8 Å². The topological polar surface area (TPSA) is 48.1 Å². The van der Waals surface area contributed by atoms with Crippen molar-refractivity contribution in [2.24, 2.45) is 5.73 Å². The van der Waals surface area contributed by atoms with Crippen LogP contribution in [0.4, 0.5) is 0 Å². The van der Waals surface area contributed by atoms with Crippen molar-refractivity contribution in [3.8, 4) is 5.75 Å². The Morgan fingerprint density at radius 2 is 2.00 bits per heavy atom. The number of nitrogens with zero attached hydrogens (tertiary/aromatic N) is 1. The summed E-state index contributed by atoms with van der Waals surface area (Å²) in [6.07, 6.45) is 0. The molecule has 0 aliphatic heterocycles. The summed E-state index contributed by atoms with van der Waals surface area (Å²) < 4.78 is 5.37. The van der Waals surface area contributed by atoms with E-state index in [4.69, 9.17) is 10.5 Å². The molecule has 1 atom stereocenters. The first-order valence-corrected chi connectivity index (χ1v) is 5.75. The Morgan fingerprint density at radius 3 is 2.59 bits per heavy atom. The highest BCUT2D eigenvalue weighted by Gasteiger charge is 2.13. The van der Waals surface area contributed by atoms with Gasteiger partial charge in [-0.2, -0.15) is 0 Å². The van der Waals surface area contributed by atoms with E-state index in [9.17, 15) is 0 Å². The number of nitrogens with two attached hydrogens (primary N) is 1. The summed E-state index contributed by atoms with van der Waals surface area (Å²) in [5, 5.41) is 1.12. The van der Waals surface area contributed by atoms with Crippen molar-refractivity contribution in [1.29, 1.82) is 0 Å². The predicted octanol–water partition coefficient (Wildman–Crippen LogP) is 2.88. The lowest BCUT2D eigenvalue weighted by atomic mass is 9.98. The smallest absolute Gasteiger partial charge is 0.145 e. The van der Waals surface area contributed by atoms with Crippen molar-refractivity contribution >= 4 is 10.9 Å². The van der Waals surface area contributed by atoms with Crippen LogP contribution in [0.3, 0.4) is 0 Å². The van der Waals surface area contributed by atoms with E-state index in [1.54, 1.807) is 7.11 Å². The second-order valence-corrected chi connectivity index (χ2v) is 4.45. The Morgan fingerprint density at radius 1 is 1.29 bits per heavy atom. The monoisotopic (exact) mass is 230 g/mol. The van der Waals surface area contributed by atoms with Gasteiger partial charge in [0.25, 0.3) is 0 Å². The molecular formula is C14H18N2O. The number of fused-ring (bicyclic) bond motifs is 1. The molecule has 17 heavy (non-hydrogen) atoms. The van der Waals surface area contributed by atoms with Gasteiger partial charge in [0.2, 0.25) is 0 Å². The van der Waals surface area contributed by atoms with Gasteiger partial charge in [0.15, 0.2) is 0 Å². The number of aryl methyl sites for hydroxylation is 2. The van der Waals surface area contributed by atoms with Gasteiger partial charge in [-0.15, -0.1) is 0 Å². The van der Waals surface area contributed by atoms with Crippen LogP contribution in [0.2, 0.25) is 0 Å². The zero-order valence-electron chi connectivity index (χ0n) is 10.7. The van der Waals surface area contributed by atoms with Gasteiger partial charge in [0.1, 0.15) is 11.3 Å². The van der Waals surface area contributed by atoms with Gasteiger partial charge >= 0.3 is 0 Å². The summed E-state index contributed by atoms with van der Waals surface area (Å²) in [5.74, 6) is 0.802. The fraction of sp³-hybridized carbons (Fsp3) is 0.357. The van der Waals surface area contributed by atoms with Crippen LogP contribution in [0.25, 0.3) is 10.9 Å². The van der Waals surface area contributed by atoms with Gasteiger partial charge in [0, 0.05) is 17.1 Å². The summed E-state index contributed by atoms with van der Waals surface area (Å²) in [6.45, 7) is 6.06. The van der Waals surface area contributed by atoms with Crippen LogP contribution in [0, 0.1) is 13.8 Å². The molecule has 2 N–H and O–H groups in total. The highest BCUT2D eigenvalue weighted by Crippen LogP contribution is 2.32. The highest BCUT2D eigenvalue weighted by molar-refractivity contribution is 5.90. The van der Waals surface area contributed by atoms with Crippen LogP contribution in [0.15, 0.2) is 18.2 Å².